The van der Waals surface area contributed by atoms with Gasteiger partial charge < -0.3 is 9.30 Å². The predicted molar refractivity (Wildman–Crippen MR) is 105 cm³/mol. The van der Waals surface area contributed by atoms with E-state index in [1.54, 1.807) is 24.9 Å². The number of anilines is 1. The summed E-state index contributed by atoms with van der Waals surface area (Å²) >= 11 is 0. The summed E-state index contributed by atoms with van der Waals surface area (Å²) < 4.78 is 9.66. The maximum absolute atomic E-state index is 12.4. The lowest BCUT2D eigenvalue weighted by atomic mass is 10.2. The lowest BCUT2D eigenvalue weighted by molar-refractivity contribution is 0.317. The second-order valence-electron chi connectivity index (χ2n) is 6.13. The van der Waals surface area contributed by atoms with Gasteiger partial charge in [0.25, 0.3) is 5.56 Å². The molecule has 0 fully saturated rings. The van der Waals surface area contributed by atoms with Gasteiger partial charge >= 0.3 is 5.69 Å². The summed E-state index contributed by atoms with van der Waals surface area (Å²) in [5.74, 6) is 1.10. The predicted octanol–water partition coefficient (Wildman–Crippen LogP) is 1.21. The van der Waals surface area contributed by atoms with Gasteiger partial charge in [0, 0.05) is 26.7 Å². The Labute approximate surface area is 155 Å². The Hall–Kier alpha value is -3.36. The molecule has 0 bridgehead atoms. The molecule has 0 atom stereocenters. The highest BCUT2D eigenvalue weighted by Gasteiger charge is 2.16. The van der Waals surface area contributed by atoms with Gasteiger partial charge in [-0.1, -0.05) is 19.1 Å². The van der Waals surface area contributed by atoms with Gasteiger partial charge in [0.1, 0.15) is 5.75 Å². The highest BCUT2D eigenvalue weighted by molar-refractivity contribution is 5.84. The second kappa shape index (κ2) is 7.48. The standard InChI is InChI=1S/C18H22N6O3/c1-5-10-27-13-9-7-6-8-12(13)11-19-21-17-20-15-14(22(17)2)16(25)24(4)18(26)23(15)3/h6-9,11H,5,10H2,1-4H3,(H,20,21). The molecule has 0 spiro atoms. The molecule has 0 saturated carbocycles. The van der Waals surface area contributed by atoms with Crippen molar-refractivity contribution >= 4 is 23.3 Å². The number of rotatable bonds is 6. The molecule has 0 saturated heterocycles. The SMILES string of the molecule is CCCOc1ccccc1C=NNc1nc2c(c(=O)n(C)c(=O)n2C)n1C. The minimum absolute atomic E-state index is 0.301. The first kappa shape index (κ1) is 18.4. The molecule has 9 heteroatoms. The first-order chi connectivity index (χ1) is 13.0. The molecule has 3 rings (SSSR count). The normalized spacial score (nSPS) is 11.4. The van der Waals surface area contributed by atoms with E-state index in [-0.39, 0.29) is 0 Å². The van der Waals surface area contributed by atoms with Crippen LogP contribution in [-0.4, -0.2) is 31.5 Å². The number of imidazole rings is 1. The summed E-state index contributed by atoms with van der Waals surface area (Å²) in [5, 5.41) is 4.21. The molecular weight excluding hydrogens is 348 g/mol. The molecular formula is C18H22N6O3. The Bertz CT molecular complexity index is 1120. The molecule has 1 aromatic carbocycles. The van der Waals surface area contributed by atoms with Crippen LogP contribution in [0.4, 0.5) is 5.95 Å². The number of fused-ring (bicyclic) bond motifs is 1. The molecule has 0 amide bonds. The number of aromatic nitrogens is 4. The topological polar surface area (TPSA) is 95.4 Å². The van der Waals surface area contributed by atoms with Gasteiger partial charge in [-0.3, -0.25) is 13.9 Å². The van der Waals surface area contributed by atoms with Crippen LogP contribution in [0.1, 0.15) is 18.9 Å². The van der Waals surface area contributed by atoms with Crippen molar-refractivity contribution in [3.8, 4) is 5.75 Å². The zero-order valence-electron chi connectivity index (χ0n) is 15.8. The number of hydrazone groups is 1. The second-order valence-corrected chi connectivity index (χ2v) is 6.13. The molecule has 0 aliphatic rings. The van der Waals surface area contributed by atoms with Crippen LogP contribution in [0.3, 0.4) is 0 Å². The van der Waals surface area contributed by atoms with E-state index in [2.05, 4.69) is 15.5 Å². The summed E-state index contributed by atoms with van der Waals surface area (Å²) in [6.45, 7) is 2.67. The minimum atomic E-state index is -0.428. The van der Waals surface area contributed by atoms with Crippen molar-refractivity contribution in [2.45, 2.75) is 13.3 Å². The Morgan fingerprint density at radius 1 is 1.15 bits per heavy atom. The van der Waals surface area contributed by atoms with Crippen LogP contribution in [0.15, 0.2) is 39.0 Å². The van der Waals surface area contributed by atoms with Crippen LogP contribution in [0, 0.1) is 0 Å². The smallest absolute Gasteiger partial charge is 0.332 e. The van der Waals surface area contributed by atoms with Crippen LogP contribution in [0.2, 0.25) is 0 Å². The molecule has 3 aromatic rings. The van der Waals surface area contributed by atoms with Crippen molar-refractivity contribution in [2.24, 2.45) is 26.2 Å². The first-order valence-corrected chi connectivity index (χ1v) is 8.59. The Balaban J connectivity index is 1.93. The van der Waals surface area contributed by atoms with Gasteiger partial charge in [0.2, 0.25) is 5.95 Å². The van der Waals surface area contributed by atoms with Gasteiger partial charge in [-0.05, 0) is 18.6 Å². The van der Waals surface area contributed by atoms with Gasteiger partial charge in [0.05, 0.1) is 12.8 Å². The van der Waals surface area contributed by atoms with E-state index in [1.807, 2.05) is 31.2 Å². The molecule has 142 valence electrons. The van der Waals surface area contributed by atoms with Gasteiger partial charge in [-0.15, -0.1) is 0 Å². The molecule has 0 aliphatic heterocycles. The van der Waals surface area contributed by atoms with Gasteiger partial charge in [0.15, 0.2) is 11.2 Å². The first-order valence-electron chi connectivity index (χ1n) is 8.59. The summed E-state index contributed by atoms with van der Waals surface area (Å²) in [6.07, 6.45) is 2.54. The fraction of sp³-hybridized carbons (Fsp3) is 0.333. The Morgan fingerprint density at radius 2 is 1.89 bits per heavy atom. The lowest BCUT2D eigenvalue weighted by Gasteiger charge is -2.07. The molecule has 27 heavy (non-hydrogen) atoms. The summed E-state index contributed by atoms with van der Waals surface area (Å²) in [7, 11) is 4.71. The molecule has 0 radical (unpaired) electrons. The van der Waals surface area contributed by atoms with Gasteiger partial charge in [-0.25, -0.2) is 10.2 Å². The van der Waals surface area contributed by atoms with Crippen LogP contribution in [0.25, 0.3) is 11.2 Å². The van der Waals surface area contributed by atoms with E-state index < -0.39 is 11.2 Å². The van der Waals surface area contributed by atoms with Crippen molar-refractivity contribution in [1.29, 1.82) is 0 Å². The number of nitrogens with one attached hydrogen (secondary N) is 1. The number of aryl methyl sites for hydroxylation is 2. The summed E-state index contributed by atoms with van der Waals surface area (Å²) in [4.78, 5) is 28.8. The largest absolute Gasteiger partial charge is 0.493 e. The minimum Gasteiger partial charge on any atom is -0.493 e. The van der Waals surface area contributed by atoms with Crippen molar-refractivity contribution in [2.75, 3.05) is 12.0 Å². The fourth-order valence-electron chi connectivity index (χ4n) is 2.71. The van der Waals surface area contributed by atoms with Crippen molar-refractivity contribution in [1.82, 2.24) is 18.7 Å². The third-order valence-electron chi connectivity index (χ3n) is 4.22. The van der Waals surface area contributed by atoms with E-state index in [1.165, 1.54) is 11.6 Å². The maximum Gasteiger partial charge on any atom is 0.332 e. The Morgan fingerprint density at radius 3 is 2.63 bits per heavy atom. The van der Waals surface area contributed by atoms with E-state index >= 15 is 0 Å². The van der Waals surface area contributed by atoms with E-state index in [0.717, 1.165) is 22.3 Å². The Kier molecular flexibility index (Phi) is 5.11. The number of nitrogens with zero attached hydrogens (tertiary/aromatic N) is 5. The monoisotopic (exact) mass is 370 g/mol. The average molecular weight is 370 g/mol. The van der Waals surface area contributed by atoms with Crippen LogP contribution < -0.4 is 21.4 Å². The average Bonchev–Trinajstić information content (AvgIpc) is 3.00. The summed E-state index contributed by atoms with van der Waals surface area (Å²) in [5.41, 5.74) is 3.44. The van der Waals surface area contributed by atoms with Crippen molar-refractivity contribution in [3.05, 3.63) is 50.7 Å². The third kappa shape index (κ3) is 3.35. The van der Waals surface area contributed by atoms with Crippen molar-refractivity contribution < 1.29 is 4.74 Å². The quantitative estimate of drug-likeness (QED) is 0.520. The van der Waals surface area contributed by atoms with E-state index in [4.69, 9.17) is 4.74 Å². The third-order valence-corrected chi connectivity index (χ3v) is 4.22. The number of ether oxygens (including phenoxy) is 1. The molecule has 0 aliphatic carbocycles. The van der Waals surface area contributed by atoms with E-state index in [0.29, 0.717) is 23.7 Å². The van der Waals surface area contributed by atoms with Gasteiger partial charge in [-0.2, -0.15) is 10.1 Å². The van der Waals surface area contributed by atoms with Crippen LogP contribution >= 0.6 is 0 Å². The number of para-hydroxylation sites is 1. The fourth-order valence-corrected chi connectivity index (χ4v) is 2.71. The lowest BCUT2D eigenvalue weighted by Crippen LogP contribution is -2.37. The maximum atomic E-state index is 12.4. The number of hydrogen-bond acceptors (Lipinski definition) is 6. The molecule has 2 heterocycles. The van der Waals surface area contributed by atoms with Crippen LogP contribution in [-0.2, 0) is 21.1 Å². The zero-order valence-corrected chi connectivity index (χ0v) is 15.8. The van der Waals surface area contributed by atoms with Crippen LogP contribution in [0.5, 0.6) is 5.75 Å². The molecule has 0 unspecified atom stereocenters. The van der Waals surface area contributed by atoms with E-state index in [9.17, 15) is 9.59 Å². The number of benzene rings is 1. The highest BCUT2D eigenvalue weighted by Crippen LogP contribution is 2.17. The zero-order chi connectivity index (χ0) is 19.6. The number of hydrogen-bond donors (Lipinski definition) is 1. The molecule has 9 nitrogen and oxygen atoms in total. The molecule has 2 aromatic heterocycles. The van der Waals surface area contributed by atoms with Crippen molar-refractivity contribution in [3.63, 3.8) is 0 Å². The summed E-state index contributed by atoms with van der Waals surface area (Å²) in [6, 6.07) is 7.57. The highest BCUT2D eigenvalue weighted by atomic mass is 16.5. The molecule has 1 N–H and O–H groups in total.